The van der Waals surface area contributed by atoms with Crippen LogP contribution in [-0.4, -0.2) is 9.97 Å². The Kier molecular flexibility index (Phi) is 2.49. The maximum Gasteiger partial charge on any atom is 0.149 e. The fraction of sp³-hybridized carbons (Fsp3) is 0. The van der Waals surface area contributed by atoms with Crippen LogP contribution in [0.5, 0.6) is 0 Å². The number of anilines is 4. The molecule has 1 aromatic carbocycles. The second kappa shape index (κ2) is 4.15. The Morgan fingerprint density at radius 1 is 1.11 bits per heavy atom. The van der Waals surface area contributed by atoms with E-state index in [1.165, 1.54) is 0 Å². The normalized spacial score (nSPS) is 10.7. The van der Waals surface area contributed by atoms with Crippen molar-refractivity contribution in [2.45, 2.75) is 0 Å². The molecule has 0 aliphatic carbocycles. The van der Waals surface area contributed by atoms with Crippen LogP contribution in [0.25, 0.3) is 10.2 Å². The molecule has 0 spiro atoms. The van der Waals surface area contributed by atoms with E-state index in [0.29, 0.717) is 17.3 Å². The van der Waals surface area contributed by atoms with E-state index < -0.39 is 0 Å². The van der Waals surface area contributed by atoms with Gasteiger partial charge >= 0.3 is 0 Å². The van der Waals surface area contributed by atoms with Crippen molar-refractivity contribution in [3.05, 3.63) is 35.8 Å². The molecule has 0 bridgehead atoms. The van der Waals surface area contributed by atoms with Crippen LogP contribution in [-0.2, 0) is 0 Å². The molecule has 18 heavy (non-hydrogen) atoms. The van der Waals surface area contributed by atoms with Crippen molar-refractivity contribution in [3.63, 3.8) is 0 Å². The van der Waals surface area contributed by atoms with Crippen LogP contribution < -0.4 is 16.8 Å². The Bertz CT molecular complexity index is 707. The summed E-state index contributed by atoms with van der Waals surface area (Å²) >= 11 is 1.60. The molecule has 0 unspecified atom stereocenters. The summed E-state index contributed by atoms with van der Waals surface area (Å²) in [7, 11) is 0. The Balaban J connectivity index is 1.92. The monoisotopic (exact) mass is 257 g/mol. The number of nitrogen functional groups attached to an aromatic ring is 2. The number of nitrogens with zero attached hydrogens (tertiary/aromatic N) is 2. The van der Waals surface area contributed by atoms with Crippen molar-refractivity contribution in [1.82, 2.24) is 9.97 Å². The number of rotatable bonds is 2. The summed E-state index contributed by atoms with van der Waals surface area (Å²) in [5.41, 5.74) is 15.5. The van der Waals surface area contributed by atoms with E-state index in [4.69, 9.17) is 11.5 Å². The van der Waals surface area contributed by atoms with Gasteiger partial charge in [0, 0.05) is 5.69 Å². The molecule has 5 nitrogen and oxygen atoms in total. The molecule has 0 atom stereocenters. The summed E-state index contributed by atoms with van der Waals surface area (Å²) in [4.78, 5) is 8.40. The molecule has 0 amide bonds. The van der Waals surface area contributed by atoms with Gasteiger partial charge in [-0.25, -0.2) is 9.97 Å². The van der Waals surface area contributed by atoms with Gasteiger partial charge in [-0.15, -0.1) is 11.3 Å². The minimum Gasteiger partial charge on any atom is -0.396 e. The third kappa shape index (κ3) is 1.93. The van der Waals surface area contributed by atoms with E-state index in [-0.39, 0.29) is 0 Å². The van der Waals surface area contributed by atoms with Gasteiger partial charge in [-0.2, -0.15) is 0 Å². The Morgan fingerprint density at radius 3 is 2.83 bits per heavy atom. The number of nitrogens with one attached hydrogen (secondary N) is 1. The van der Waals surface area contributed by atoms with Crippen LogP contribution in [0.4, 0.5) is 23.0 Å². The zero-order valence-corrected chi connectivity index (χ0v) is 10.2. The Morgan fingerprint density at radius 2 is 2.00 bits per heavy atom. The number of hydrogen-bond acceptors (Lipinski definition) is 6. The number of hydrogen-bond donors (Lipinski definition) is 3. The van der Waals surface area contributed by atoms with Crippen molar-refractivity contribution in [2.24, 2.45) is 0 Å². The van der Waals surface area contributed by atoms with Gasteiger partial charge in [0.25, 0.3) is 0 Å². The van der Waals surface area contributed by atoms with Gasteiger partial charge in [0.15, 0.2) is 0 Å². The third-order valence-electron chi connectivity index (χ3n) is 2.56. The minimum absolute atomic E-state index is 0.332. The van der Waals surface area contributed by atoms with Crippen molar-refractivity contribution in [2.75, 3.05) is 16.8 Å². The van der Waals surface area contributed by atoms with Crippen molar-refractivity contribution in [3.8, 4) is 0 Å². The lowest BCUT2D eigenvalue weighted by atomic mass is 10.3. The van der Waals surface area contributed by atoms with E-state index in [0.717, 1.165) is 15.9 Å². The average molecular weight is 257 g/mol. The number of nitrogens with two attached hydrogens (primary N) is 2. The smallest absolute Gasteiger partial charge is 0.149 e. The molecule has 0 fully saturated rings. The second-order valence-corrected chi connectivity index (χ2v) is 4.72. The highest BCUT2D eigenvalue weighted by atomic mass is 32.1. The van der Waals surface area contributed by atoms with Crippen LogP contribution in [0.1, 0.15) is 0 Å². The molecule has 0 saturated carbocycles. The minimum atomic E-state index is 0.332. The molecule has 0 aliphatic rings. The lowest BCUT2D eigenvalue weighted by Gasteiger charge is -2.07. The lowest BCUT2D eigenvalue weighted by Crippen LogP contribution is -2.00. The van der Waals surface area contributed by atoms with E-state index in [1.54, 1.807) is 23.5 Å². The first kappa shape index (κ1) is 10.8. The number of fused-ring (bicyclic) bond motifs is 1. The zero-order chi connectivity index (χ0) is 12.5. The summed E-state index contributed by atoms with van der Waals surface area (Å²) in [6.07, 6.45) is 0. The number of thiazole rings is 1. The van der Waals surface area contributed by atoms with Gasteiger partial charge in [0.1, 0.15) is 11.6 Å². The highest BCUT2D eigenvalue weighted by Crippen LogP contribution is 2.24. The van der Waals surface area contributed by atoms with Crippen LogP contribution in [0, 0.1) is 0 Å². The highest BCUT2D eigenvalue weighted by Gasteiger charge is 2.02. The van der Waals surface area contributed by atoms with Gasteiger partial charge in [-0.3, -0.25) is 0 Å². The predicted octanol–water partition coefficient (Wildman–Crippen LogP) is 2.60. The second-order valence-electron chi connectivity index (χ2n) is 3.83. The van der Waals surface area contributed by atoms with E-state index in [2.05, 4.69) is 15.3 Å². The van der Waals surface area contributed by atoms with Gasteiger partial charge in [-0.05, 0) is 30.3 Å². The molecule has 0 radical (unpaired) electrons. The SMILES string of the molecule is Nc1ccc(Nc2ccc3ncsc3c2)nc1N. The van der Waals surface area contributed by atoms with Gasteiger partial charge in [-0.1, -0.05) is 0 Å². The van der Waals surface area contributed by atoms with Gasteiger partial charge < -0.3 is 16.8 Å². The van der Waals surface area contributed by atoms with E-state index >= 15 is 0 Å². The largest absolute Gasteiger partial charge is 0.396 e. The fourth-order valence-electron chi connectivity index (χ4n) is 1.64. The average Bonchev–Trinajstić information content (AvgIpc) is 2.81. The summed E-state index contributed by atoms with van der Waals surface area (Å²) in [6, 6.07) is 9.48. The maximum atomic E-state index is 5.66. The predicted molar refractivity (Wildman–Crippen MR) is 76.0 cm³/mol. The van der Waals surface area contributed by atoms with E-state index in [9.17, 15) is 0 Å². The highest BCUT2D eigenvalue weighted by molar-refractivity contribution is 7.16. The van der Waals surface area contributed by atoms with Crippen LogP contribution in [0.2, 0.25) is 0 Å². The molecular weight excluding hydrogens is 246 g/mol. The first-order chi connectivity index (χ1) is 8.72. The number of benzene rings is 1. The lowest BCUT2D eigenvalue weighted by molar-refractivity contribution is 1.32. The molecule has 3 aromatic rings. The topological polar surface area (TPSA) is 89.8 Å². The summed E-state index contributed by atoms with van der Waals surface area (Å²) in [6.45, 7) is 0. The first-order valence-corrected chi connectivity index (χ1v) is 6.22. The molecule has 3 rings (SSSR count). The molecule has 2 aromatic heterocycles. The van der Waals surface area contributed by atoms with Crippen molar-refractivity contribution < 1.29 is 0 Å². The van der Waals surface area contributed by atoms with Gasteiger partial charge in [0.2, 0.25) is 0 Å². The van der Waals surface area contributed by atoms with Crippen LogP contribution in [0.15, 0.2) is 35.8 Å². The molecule has 0 aliphatic heterocycles. The quantitative estimate of drug-likeness (QED) is 0.656. The van der Waals surface area contributed by atoms with Crippen molar-refractivity contribution >= 4 is 44.6 Å². The molecule has 5 N–H and O–H groups in total. The molecule has 0 saturated heterocycles. The third-order valence-corrected chi connectivity index (χ3v) is 3.35. The van der Waals surface area contributed by atoms with E-state index in [1.807, 2.05) is 23.7 Å². The van der Waals surface area contributed by atoms with Gasteiger partial charge in [0.05, 0.1) is 21.4 Å². The summed E-state index contributed by atoms with van der Waals surface area (Å²) in [5.74, 6) is 1.00. The summed E-state index contributed by atoms with van der Waals surface area (Å²) < 4.78 is 1.13. The maximum absolute atomic E-state index is 5.66. The van der Waals surface area contributed by atoms with Crippen LogP contribution in [0.3, 0.4) is 0 Å². The molecule has 2 heterocycles. The van der Waals surface area contributed by atoms with Crippen molar-refractivity contribution in [1.29, 1.82) is 0 Å². The molecular formula is C12H11N5S. The molecule has 90 valence electrons. The summed E-state index contributed by atoms with van der Waals surface area (Å²) in [5, 5.41) is 3.19. The fourth-order valence-corrected chi connectivity index (χ4v) is 2.35. The number of pyridine rings is 1. The van der Waals surface area contributed by atoms with Crippen LogP contribution >= 0.6 is 11.3 Å². The number of aromatic nitrogens is 2. The zero-order valence-electron chi connectivity index (χ0n) is 9.42. The molecule has 6 heteroatoms. The Hall–Kier alpha value is -2.34. The first-order valence-electron chi connectivity index (χ1n) is 5.34. The standard InChI is InChI=1S/C12H11N5S/c13-8-2-4-11(17-12(8)14)16-7-1-3-9-10(5-7)18-6-15-9/h1-6H,13H2,(H3,14,16,17). The Labute approximate surface area is 107 Å².